The molecule has 2 aliphatic heterocycles. The number of carbonyl (C=O) groups is 1. The van der Waals surface area contributed by atoms with E-state index < -0.39 is 0 Å². The normalized spacial score (nSPS) is 19.8. The maximum absolute atomic E-state index is 13.3. The predicted molar refractivity (Wildman–Crippen MR) is 117 cm³/mol. The molecule has 0 radical (unpaired) electrons. The van der Waals surface area contributed by atoms with Crippen LogP contribution in [0.3, 0.4) is 0 Å². The molecule has 8 nitrogen and oxygen atoms in total. The third-order valence-corrected chi connectivity index (χ3v) is 6.26. The summed E-state index contributed by atoms with van der Waals surface area (Å²) in [6, 6.07) is 6.52. The number of nitrogens with zero attached hydrogens (tertiary/aromatic N) is 6. The molecule has 1 atom stereocenters. The van der Waals surface area contributed by atoms with Crippen molar-refractivity contribution in [2.45, 2.75) is 12.8 Å². The lowest BCUT2D eigenvalue weighted by Crippen LogP contribution is -2.52. The summed E-state index contributed by atoms with van der Waals surface area (Å²) in [6.07, 6.45) is 3.34. The Labute approximate surface area is 184 Å². The Balaban J connectivity index is 1.25. The zero-order valence-corrected chi connectivity index (χ0v) is 17.7. The van der Waals surface area contributed by atoms with E-state index in [0.717, 1.165) is 43.7 Å². The van der Waals surface area contributed by atoms with Crippen LogP contribution in [0.2, 0.25) is 5.28 Å². The fourth-order valence-corrected chi connectivity index (χ4v) is 4.65. The largest absolute Gasteiger partial charge is 0.368 e. The highest BCUT2D eigenvalue weighted by Gasteiger charge is 2.32. The Kier molecular flexibility index (Phi) is 5.35. The van der Waals surface area contributed by atoms with E-state index in [1.165, 1.54) is 12.1 Å². The Morgan fingerprint density at radius 3 is 2.61 bits per heavy atom. The minimum Gasteiger partial charge on any atom is -0.368 e. The van der Waals surface area contributed by atoms with Crippen LogP contribution in [-0.2, 0) is 4.79 Å². The second-order valence-electron chi connectivity index (χ2n) is 7.99. The SMILES string of the molecule is O=C(C1CCCN(c2nc(Cl)nc3nc[nH]c23)C1)N1CCN(c2ccc(F)cc2)CC1. The number of amides is 1. The number of carbonyl (C=O) groups excluding carboxylic acids is 1. The van der Waals surface area contributed by atoms with Crippen molar-refractivity contribution in [1.29, 1.82) is 0 Å². The third-order valence-electron chi connectivity index (χ3n) is 6.09. The van der Waals surface area contributed by atoms with Crippen molar-refractivity contribution >= 4 is 40.2 Å². The van der Waals surface area contributed by atoms with Crippen LogP contribution in [0.5, 0.6) is 0 Å². The lowest BCUT2D eigenvalue weighted by Gasteiger charge is -2.40. The van der Waals surface area contributed by atoms with E-state index >= 15 is 0 Å². The van der Waals surface area contributed by atoms with Gasteiger partial charge in [-0.25, -0.2) is 9.37 Å². The summed E-state index contributed by atoms with van der Waals surface area (Å²) >= 11 is 6.09. The Bertz CT molecular complexity index is 1080. The monoisotopic (exact) mass is 443 g/mol. The number of hydrogen-bond acceptors (Lipinski definition) is 6. The number of anilines is 2. The summed E-state index contributed by atoms with van der Waals surface area (Å²) in [6.45, 7) is 4.21. The number of piperazine rings is 1. The standard InChI is InChI=1S/C21H23ClFN7O/c22-21-26-18-17(24-13-25-18)19(27-21)30-7-1-2-14(12-30)20(31)29-10-8-28(9-11-29)16-5-3-15(23)4-6-16/h3-6,13-14H,1-2,7-12H2,(H,24,25,26,27). The quantitative estimate of drug-likeness (QED) is 0.627. The maximum atomic E-state index is 13.3. The molecule has 2 aromatic heterocycles. The molecule has 31 heavy (non-hydrogen) atoms. The average Bonchev–Trinajstić information content (AvgIpc) is 3.27. The van der Waals surface area contributed by atoms with Gasteiger partial charge in [0, 0.05) is 45.0 Å². The molecular formula is C21H23ClFN7O. The molecule has 0 aliphatic carbocycles. The van der Waals surface area contributed by atoms with Crippen LogP contribution in [-0.4, -0.2) is 70.0 Å². The van der Waals surface area contributed by atoms with Crippen LogP contribution in [0.1, 0.15) is 12.8 Å². The molecule has 1 amide bonds. The van der Waals surface area contributed by atoms with Crippen molar-refractivity contribution in [3.63, 3.8) is 0 Å². The molecule has 0 spiro atoms. The molecule has 4 heterocycles. The van der Waals surface area contributed by atoms with Crippen molar-refractivity contribution in [1.82, 2.24) is 24.8 Å². The van der Waals surface area contributed by atoms with Gasteiger partial charge < -0.3 is 19.7 Å². The van der Waals surface area contributed by atoms with Crippen LogP contribution in [0.25, 0.3) is 11.2 Å². The number of halogens is 2. The van der Waals surface area contributed by atoms with E-state index in [0.29, 0.717) is 31.1 Å². The van der Waals surface area contributed by atoms with Gasteiger partial charge in [-0.2, -0.15) is 9.97 Å². The summed E-state index contributed by atoms with van der Waals surface area (Å²) < 4.78 is 13.2. The number of aromatic nitrogens is 4. The van der Waals surface area contributed by atoms with Crippen LogP contribution in [0.15, 0.2) is 30.6 Å². The summed E-state index contributed by atoms with van der Waals surface area (Å²) in [4.78, 5) is 35.3. The Hall–Kier alpha value is -2.94. The number of H-pyrrole nitrogens is 1. The van der Waals surface area contributed by atoms with Crippen LogP contribution >= 0.6 is 11.6 Å². The molecule has 1 N–H and O–H groups in total. The van der Waals surface area contributed by atoms with Gasteiger partial charge in [-0.1, -0.05) is 0 Å². The zero-order chi connectivity index (χ0) is 21.4. The van der Waals surface area contributed by atoms with E-state index in [2.05, 4.69) is 29.7 Å². The number of aromatic amines is 1. The number of fused-ring (bicyclic) bond motifs is 1. The third kappa shape index (κ3) is 4.01. The van der Waals surface area contributed by atoms with Crippen molar-refractivity contribution in [3.05, 3.63) is 41.7 Å². The second kappa shape index (κ2) is 8.30. The van der Waals surface area contributed by atoms with E-state index in [-0.39, 0.29) is 22.9 Å². The van der Waals surface area contributed by atoms with Crippen molar-refractivity contribution in [3.8, 4) is 0 Å². The molecule has 2 fully saturated rings. The van der Waals surface area contributed by atoms with Gasteiger partial charge in [0.2, 0.25) is 11.2 Å². The van der Waals surface area contributed by atoms with Crippen molar-refractivity contribution in [2.75, 3.05) is 49.1 Å². The number of piperidine rings is 1. The fraction of sp³-hybridized carbons (Fsp3) is 0.429. The van der Waals surface area contributed by atoms with Gasteiger partial charge in [-0.3, -0.25) is 4.79 Å². The molecular weight excluding hydrogens is 421 g/mol. The highest BCUT2D eigenvalue weighted by atomic mass is 35.5. The number of nitrogens with one attached hydrogen (secondary N) is 1. The molecule has 2 saturated heterocycles. The number of rotatable bonds is 3. The van der Waals surface area contributed by atoms with Crippen LogP contribution in [0, 0.1) is 11.7 Å². The van der Waals surface area contributed by atoms with Crippen LogP contribution in [0.4, 0.5) is 15.9 Å². The summed E-state index contributed by atoms with van der Waals surface area (Å²) in [7, 11) is 0. The smallest absolute Gasteiger partial charge is 0.227 e. The van der Waals surface area contributed by atoms with Crippen molar-refractivity contribution in [2.24, 2.45) is 5.92 Å². The van der Waals surface area contributed by atoms with Gasteiger partial charge in [0.15, 0.2) is 11.5 Å². The van der Waals surface area contributed by atoms with Crippen LogP contribution < -0.4 is 9.80 Å². The number of hydrogen-bond donors (Lipinski definition) is 1. The summed E-state index contributed by atoms with van der Waals surface area (Å²) in [5, 5.41) is 0.153. The van der Waals surface area contributed by atoms with Crippen molar-refractivity contribution < 1.29 is 9.18 Å². The van der Waals surface area contributed by atoms with Gasteiger partial charge in [-0.15, -0.1) is 0 Å². The predicted octanol–water partition coefficient (Wildman–Crippen LogP) is 2.71. The molecule has 10 heteroatoms. The highest BCUT2D eigenvalue weighted by Crippen LogP contribution is 2.28. The molecule has 1 unspecified atom stereocenters. The Morgan fingerprint density at radius 1 is 1.06 bits per heavy atom. The molecule has 162 valence electrons. The Morgan fingerprint density at radius 2 is 1.84 bits per heavy atom. The molecule has 0 saturated carbocycles. The number of benzene rings is 1. The lowest BCUT2D eigenvalue weighted by molar-refractivity contribution is -0.136. The first-order chi connectivity index (χ1) is 15.1. The molecule has 2 aliphatic rings. The van der Waals surface area contributed by atoms with Gasteiger partial charge in [0.1, 0.15) is 11.3 Å². The van der Waals surface area contributed by atoms with E-state index in [1.54, 1.807) is 18.5 Å². The average molecular weight is 444 g/mol. The summed E-state index contributed by atoms with van der Waals surface area (Å²) in [5.74, 6) is 0.560. The lowest BCUT2D eigenvalue weighted by atomic mass is 9.96. The number of imidazole rings is 1. The first kappa shape index (κ1) is 20.0. The van der Waals surface area contributed by atoms with E-state index in [9.17, 15) is 9.18 Å². The first-order valence-electron chi connectivity index (χ1n) is 10.5. The van der Waals surface area contributed by atoms with Gasteiger partial charge in [0.05, 0.1) is 12.2 Å². The summed E-state index contributed by atoms with van der Waals surface area (Å²) in [5.41, 5.74) is 2.26. The van der Waals surface area contributed by atoms with Gasteiger partial charge in [0.25, 0.3) is 0 Å². The maximum Gasteiger partial charge on any atom is 0.227 e. The minimum absolute atomic E-state index is 0.0853. The minimum atomic E-state index is -0.239. The first-order valence-corrected chi connectivity index (χ1v) is 10.9. The molecule has 3 aromatic rings. The molecule has 0 bridgehead atoms. The topological polar surface area (TPSA) is 81.2 Å². The van der Waals surface area contributed by atoms with E-state index in [1.807, 2.05) is 4.90 Å². The molecule has 5 rings (SSSR count). The fourth-order valence-electron chi connectivity index (χ4n) is 4.49. The van der Waals surface area contributed by atoms with Gasteiger partial charge in [-0.05, 0) is 48.7 Å². The highest BCUT2D eigenvalue weighted by molar-refractivity contribution is 6.28. The zero-order valence-electron chi connectivity index (χ0n) is 17.0. The molecule has 1 aromatic carbocycles. The van der Waals surface area contributed by atoms with Gasteiger partial charge >= 0.3 is 0 Å². The van der Waals surface area contributed by atoms with E-state index in [4.69, 9.17) is 11.6 Å². The second-order valence-corrected chi connectivity index (χ2v) is 8.33.